The van der Waals surface area contributed by atoms with E-state index in [1.165, 1.54) is 19.2 Å². The highest BCUT2D eigenvalue weighted by Gasteiger charge is 2.18. The highest BCUT2D eigenvalue weighted by atomic mass is 32.2. The van der Waals surface area contributed by atoms with Crippen LogP contribution in [0, 0.1) is 0 Å². The van der Waals surface area contributed by atoms with Gasteiger partial charge in [-0.3, -0.25) is 28.5 Å². The van der Waals surface area contributed by atoms with Crippen molar-refractivity contribution >= 4 is 50.2 Å². The van der Waals surface area contributed by atoms with Gasteiger partial charge in [-0.15, -0.1) is 0 Å². The number of methoxy groups -OCH3 is 1. The molecule has 1 heterocycles. The predicted octanol–water partition coefficient (Wildman–Crippen LogP) is 2.71. The van der Waals surface area contributed by atoms with E-state index in [0.29, 0.717) is 36.2 Å². The zero-order valence-electron chi connectivity index (χ0n) is 23.8. The molecule has 0 saturated carbocycles. The molecule has 12 nitrogen and oxygen atoms in total. The standard InChI is InChI=1S/C29H37N5O7S/c1-3-4-7-22-17-20-16-21(33-42(39,40)24-13-11-23(41-2)12-14-24)10-15-25(20)34(22)29(38)9-6-5-8-27(36)32-19-28(37)31-18-26(30)35/h10-17,33H,3-9,18-19H2,1-2H3,(H2,30,35)(H,31,37)(H,32,36). The summed E-state index contributed by atoms with van der Waals surface area (Å²) in [6.45, 7) is 1.50. The summed E-state index contributed by atoms with van der Waals surface area (Å²) in [5.41, 5.74) is 6.85. The monoisotopic (exact) mass is 599 g/mol. The summed E-state index contributed by atoms with van der Waals surface area (Å²) < 4.78 is 35.2. The van der Waals surface area contributed by atoms with Gasteiger partial charge in [0.05, 0.1) is 30.6 Å². The number of fused-ring (bicyclic) bond motifs is 1. The molecule has 0 spiro atoms. The van der Waals surface area contributed by atoms with E-state index in [4.69, 9.17) is 10.5 Å². The minimum Gasteiger partial charge on any atom is -0.497 e. The number of aromatic nitrogens is 1. The van der Waals surface area contributed by atoms with Crippen molar-refractivity contribution in [2.45, 2.75) is 56.8 Å². The Morgan fingerprint density at radius 3 is 2.24 bits per heavy atom. The molecule has 5 N–H and O–H groups in total. The maximum atomic E-state index is 13.3. The molecule has 1 aromatic heterocycles. The predicted molar refractivity (Wildman–Crippen MR) is 159 cm³/mol. The zero-order chi connectivity index (χ0) is 30.7. The average molecular weight is 600 g/mol. The summed E-state index contributed by atoms with van der Waals surface area (Å²) in [6, 6.07) is 13.0. The van der Waals surface area contributed by atoms with E-state index in [-0.39, 0.29) is 42.6 Å². The number of nitrogens with two attached hydrogens (primary N) is 1. The van der Waals surface area contributed by atoms with Crippen LogP contribution in [0.5, 0.6) is 5.75 Å². The number of primary amides is 1. The molecule has 42 heavy (non-hydrogen) atoms. The number of nitrogens with one attached hydrogen (secondary N) is 3. The second-order valence-corrected chi connectivity index (χ2v) is 11.4. The van der Waals surface area contributed by atoms with Gasteiger partial charge < -0.3 is 21.1 Å². The number of sulfonamides is 1. The topological polar surface area (TPSA) is 179 Å². The van der Waals surface area contributed by atoms with E-state index >= 15 is 0 Å². The van der Waals surface area contributed by atoms with E-state index in [9.17, 15) is 27.6 Å². The number of rotatable bonds is 16. The Kier molecular flexibility index (Phi) is 11.5. The van der Waals surface area contributed by atoms with E-state index in [2.05, 4.69) is 22.3 Å². The zero-order valence-corrected chi connectivity index (χ0v) is 24.6. The number of hydrogen-bond donors (Lipinski definition) is 4. The van der Waals surface area contributed by atoms with Gasteiger partial charge in [0.2, 0.25) is 23.6 Å². The number of aryl methyl sites for hydroxylation is 1. The van der Waals surface area contributed by atoms with Crippen molar-refractivity contribution in [1.29, 1.82) is 0 Å². The van der Waals surface area contributed by atoms with Crippen LogP contribution >= 0.6 is 0 Å². The van der Waals surface area contributed by atoms with Crippen LogP contribution in [-0.4, -0.2) is 56.8 Å². The third-order valence-electron chi connectivity index (χ3n) is 6.49. The van der Waals surface area contributed by atoms with E-state index in [1.807, 2.05) is 6.07 Å². The van der Waals surface area contributed by atoms with Crippen LogP contribution in [-0.2, 0) is 30.8 Å². The Morgan fingerprint density at radius 1 is 0.881 bits per heavy atom. The quantitative estimate of drug-likeness (QED) is 0.183. The largest absolute Gasteiger partial charge is 0.497 e. The SMILES string of the molecule is CCCCc1cc2cc(NS(=O)(=O)c3ccc(OC)cc3)ccc2n1C(=O)CCCCC(=O)NCC(=O)NCC(N)=O. The molecule has 0 fully saturated rings. The van der Waals surface area contributed by atoms with Gasteiger partial charge >= 0.3 is 0 Å². The summed E-state index contributed by atoms with van der Waals surface area (Å²) in [6.07, 6.45) is 3.77. The van der Waals surface area contributed by atoms with Gasteiger partial charge in [0.15, 0.2) is 0 Å². The van der Waals surface area contributed by atoms with Crippen LogP contribution in [0.15, 0.2) is 53.4 Å². The molecule has 0 unspecified atom stereocenters. The third-order valence-corrected chi connectivity index (χ3v) is 7.88. The summed E-state index contributed by atoms with van der Waals surface area (Å²) in [7, 11) is -2.33. The molecule has 0 bridgehead atoms. The Hall–Kier alpha value is -4.39. The molecule has 3 aromatic rings. The Balaban J connectivity index is 1.64. The van der Waals surface area contributed by atoms with Crippen LogP contribution in [0.25, 0.3) is 10.9 Å². The lowest BCUT2D eigenvalue weighted by Gasteiger charge is -2.11. The fraction of sp³-hybridized carbons (Fsp3) is 0.379. The molecule has 0 atom stereocenters. The van der Waals surface area contributed by atoms with Crippen molar-refractivity contribution < 1.29 is 32.3 Å². The van der Waals surface area contributed by atoms with Gasteiger partial charge in [-0.2, -0.15) is 0 Å². The first kappa shape index (κ1) is 32.1. The normalized spacial score (nSPS) is 11.2. The summed E-state index contributed by atoms with van der Waals surface area (Å²) in [5.74, 6) is -1.10. The van der Waals surface area contributed by atoms with Crippen LogP contribution in [0.4, 0.5) is 5.69 Å². The number of ether oxygens (including phenoxy) is 1. The molecule has 2 aromatic carbocycles. The van der Waals surface area contributed by atoms with E-state index in [1.54, 1.807) is 34.9 Å². The van der Waals surface area contributed by atoms with E-state index < -0.39 is 21.8 Å². The van der Waals surface area contributed by atoms with Crippen LogP contribution < -0.4 is 25.8 Å². The molecule has 0 aliphatic rings. The molecule has 0 aliphatic heterocycles. The van der Waals surface area contributed by atoms with Gasteiger partial charge in [0.25, 0.3) is 10.0 Å². The number of anilines is 1. The Labute approximate surface area is 245 Å². The smallest absolute Gasteiger partial charge is 0.261 e. The first-order valence-electron chi connectivity index (χ1n) is 13.7. The summed E-state index contributed by atoms with van der Waals surface area (Å²) >= 11 is 0. The fourth-order valence-corrected chi connectivity index (χ4v) is 5.38. The molecule has 0 saturated heterocycles. The second kappa shape index (κ2) is 15.0. The van der Waals surface area contributed by atoms with Crippen molar-refractivity contribution in [3.05, 3.63) is 54.2 Å². The molecular weight excluding hydrogens is 562 g/mol. The Bertz CT molecular complexity index is 1530. The van der Waals surface area contributed by atoms with Crippen molar-refractivity contribution in [2.75, 3.05) is 24.9 Å². The molecule has 3 rings (SSSR count). The number of carbonyl (C=O) groups excluding carboxylic acids is 4. The number of benzene rings is 2. The van der Waals surface area contributed by atoms with Gasteiger partial charge in [-0.05, 0) is 74.2 Å². The third kappa shape index (κ3) is 9.06. The molecule has 226 valence electrons. The van der Waals surface area contributed by atoms with Crippen molar-refractivity contribution in [2.24, 2.45) is 5.73 Å². The van der Waals surface area contributed by atoms with Crippen molar-refractivity contribution in [3.8, 4) is 5.75 Å². The van der Waals surface area contributed by atoms with Crippen LogP contribution in [0.1, 0.15) is 55.9 Å². The lowest BCUT2D eigenvalue weighted by Crippen LogP contribution is -2.40. The number of hydrogen-bond acceptors (Lipinski definition) is 7. The Morgan fingerprint density at radius 2 is 1.57 bits per heavy atom. The first-order chi connectivity index (χ1) is 20.0. The summed E-state index contributed by atoms with van der Waals surface area (Å²) in [4.78, 5) is 47.7. The number of amides is 3. The summed E-state index contributed by atoms with van der Waals surface area (Å²) in [5, 5.41) is 5.48. The second-order valence-electron chi connectivity index (χ2n) is 9.75. The van der Waals surface area contributed by atoms with E-state index in [0.717, 1.165) is 23.9 Å². The molecular formula is C29H37N5O7S. The maximum absolute atomic E-state index is 13.3. The number of unbranched alkanes of at least 4 members (excludes halogenated alkanes) is 2. The lowest BCUT2D eigenvalue weighted by atomic mass is 10.1. The highest BCUT2D eigenvalue weighted by Crippen LogP contribution is 2.27. The first-order valence-corrected chi connectivity index (χ1v) is 15.2. The molecule has 13 heteroatoms. The average Bonchev–Trinajstić information content (AvgIpc) is 3.33. The van der Waals surface area contributed by atoms with Gasteiger partial charge in [-0.25, -0.2) is 8.42 Å². The molecule has 0 radical (unpaired) electrons. The number of nitrogens with zero attached hydrogens (tertiary/aromatic N) is 1. The minimum atomic E-state index is -3.83. The maximum Gasteiger partial charge on any atom is 0.261 e. The van der Waals surface area contributed by atoms with Gasteiger partial charge in [0, 0.05) is 29.6 Å². The molecule has 3 amide bonds. The van der Waals surface area contributed by atoms with Crippen LogP contribution in [0.3, 0.4) is 0 Å². The molecule has 0 aliphatic carbocycles. The minimum absolute atomic E-state index is 0.0970. The lowest BCUT2D eigenvalue weighted by molar-refractivity contribution is -0.127. The fourth-order valence-electron chi connectivity index (χ4n) is 4.33. The van der Waals surface area contributed by atoms with Crippen molar-refractivity contribution in [1.82, 2.24) is 15.2 Å². The highest BCUT2D eigenvalue weighted by molar-refractivity contribution is 7.92. The van der Waals surface area contributed by atoms with Gasteiger partial charge in [0.1, 0.15) is 5.75 Å². The van der Waals surface area contributed by atoms with Gasteiger partial charge in [-0.1, -0.05) is 13.3 Å². The number of carbonyl (C=O) groups is 4. The van der Waals surface area contributed by atoms with Crippen molar-refractivity contribution in [3.63, 3.8) is 0 Å². The van der Waals surface area contributed by atoms with Crippen LogP contribution in [0.2, 0.25) is 0 Å².